The fraction of sp³-hybridized carbons (Fsp3) is 0.333. The molecule has 0 radical (unpaired) electrons. The monoisotopic (exact) mass is 514 g/mol. The van der Waals surface area contributed by atoms with Crippen molar-refractivity contribution < 1.29 is 9.47 Å². The highest BCUT2D eigenvalue weighted by atomic mass is 35.5. The van der Waals surface area contributed by atoms with E-state index in [1.165, 1.54) is 5.56 Å². The van der Waals surface area contributed by atoms with Crippen LogP contribution in [0.25, 0.3) is 22.0 Å². The molecule has 2 atom stereocenters. The van der Waals surface area contributed by atoms with Crippen LogP contribution in [0.2, 0.25) is 5.02 Å². The number of aromatic nitrogens is 2. The lowest BCUT2D eigenvalue weighted by molar-refractivity contribution is 0.144. The van der Waals surface area contributed by atoms with Gasteiger partial charge in [-0.05, 0) is 68.1 Å². The number of aryl methyl sites for hydroxylation is 1. The largest absolute Gasteiger partial charge is 0.486 e. The van der Waals surface area contributed by atoms with E-state index < -0.39 is 0 Å². The first-order chi connectivity index (χ1) is 18.0. The van der Waals surface area contributed by atoms with Gasteiger partial charge in [0.15, 0.2) is 11.5 Å². The van der Waals surface area contributed by atoms with E-state index >= 15 is 0 Å². The number of halogens is 1. The third-order valence-electron chi connectivity index (χ3n) is 7.41. The Labute approximate surface area is 222 Å². The number of nitrogens with zero attached hydrogens (tertiary/aromatic N) is 3. The highest BCUT2D eigenvalue weighted by molar-refractivity contribution is 6.30. The Morgan fingerprint density at radius 1 is 1.03 bits per heavy atom. The maximum absolute atomic E-state index is 6.04. The molecule has 3 aromatic carbocycles. The van der Waals surface area contributed by atoms with Gasteiger partial charge in [0, 0.05) is 41.1 Å². The van der Waals surface area contributed by atoms with Gasteiger partial charge in [-0.1, -0.05) is 41.9 Å². The maximum atomic E-state index is 6.04. The fourth-order valence-corrected chi connectivity index (χ4v) is 5.53. The van der Waals surface area contributed by atoms with E-state index in [0.29, 0.717) is 31.2 Å². The van der Waals surface area contributed by atoms with Crippen LogP contribution < -0.4 is 14.8 Å². The summed E-state index contributed by atoms with van der Waals surface area (Å²) in [5.41, 5.74) is 5.30. The minimum Gasteiger partial charge on any atom is -0.486 e. The van der Waals surface area contributed by atoms with Crippen LogP contribution in [0, 0.1) is 6.92 Å². The van der Waals surface area contributed by atoms with E-state index in [0.717, 1.165) is 70.2 Å². The topological polar surface area (TPSA) is 59.5 Å². The molecule has 190 valence electrons. The lowest BCUT2D eigenvalue weighted by Gasteiger charge is -2.38. The average molecular weight is 515 g/mol. The lowest BCUT2D eigenvalue weighted by Crippen LogP contribution is -2.44. The van der Waals surface area contributed by atoms with Crippen molar-refractivity contribution in [3.05, 3.63) is 76.9 Å². The molecule has 1 aromatic heterocycles. The van der Waals surface area contributed by atoms with Crippen molar-refractivity contribution in [2.45, 2.75) is 45.3 Å². The summed E-state index contributed by atoms with van der Waals surface area (Å²) in [4.78, 5) is 12.2. The molecule has 2 unspecified atom stereocenters. The third kappa shape index (κ3) is 5.09. The maximum Gasteiger partial charge on any atom is 0.223 e. The number of hydrogen-bond acceptors (Lipinski definition) is 6. The number of anilines is 1. The second-order valence-corrected chi connectivity index (χ2v) is 10.4. The van der Waals surface area contributed by atoms with Gasteiger partial charge in [0.1, 0.15) is 13.2 Å². The fourth-order valence-electron chi connectivity index (χ4n) is 5.41. The van der Waals surface area contributed by atoms with Gasteiger partial charge in [-0.3, -0.25) is 4.90 Å². The predicted octanol–water partition coefficient (Wildman–Crippen LogP) is 6.49. The van der Waals surface area contributed by atoms with Crippen molar-refractivity contribution in [3.8, 4) is 22.6 Å². The molecule has 0 amide bonds. The summed E-state index contributed by atoms with van der Waals surface area (Å²) in [7, 11) is 0. The SMILES string of the molecule is Cc1nc(NC2CCN(Cc3ccc(Cl)cc3)C(C)C2)nc2ccc(-c3cccc4c3OCCO4)cc12. The molecule has 0 bridgehead atoms. The molecule has 0 saturated carbocycles. The molecular weight excluding hydrogens is 484 g/mol. The Morgan fingerprint density at radius 2 is 1.86 bits per heavy atom. The van der Waals surface area contributed by atoms with Gasteiger partial charge in [0.05, 0.1) is 11.2 Å². The number of nitrogens with one attached hydrogen (secondary N) is 1. The molecule has 0 spiro atoms. The average Bonchev–Trinajstić information content (AvgIpc) is 2.91. The highest BCUT2D eigenvalue weighted by Crippen LogP contribution is 2.40. The zero-order valence-electron chi connectivity index (χ0n) is 21.2. The van der Waals surface area contributed by atoms with Crippen LogP contribution in [0.5, 0.6) is 11.5 Å². The number of rotatable bonds is 5. The number of piperidine rings is 1. The standard InChI is InChI=1S/C30H31ClN4O2/c1-19-16-24(12-13-35(19)18-21-6-9-23(31)10-7-21)33-30-32-20(2)26-17-22(8-11-27(26)34-30)25-4-3-5-28-29(25)37-15-14-36-28/h3-11,17,19,24H,12-16,18H2,1-2H3,(H,32,33,34). The van der Waals surface area contributed by atoms with E-state index in [4.69, 9.17) is 31.0 Å². The van der Waals surface area contributed by atoms with Gasteiger partial charge in [-0.15, -0.1) is 0 Å². The summed E-state index contributed by atoms with van der Waals surface area (Å²) in [5, 5.41) is 5.45. The van der Waals surface area contributed by atoms with Crippen LogP contribution in [0.3, 0.4) is 0 Å². The van der Waals surface area contributed by atoms with Crippen molar-refractivity contribution in [2.75, 3.05) is 25.1 Å². The van der Waals surface area contributed by atoms with Gasteiger partial charge in [0.2, 0.25) is 5.95 Å². The van der Waals surface area contributed by atoms with Crippen molar-refractivity contribution >= 4 is 28.5 Å². The van der Waals surface area contributed by atoms with Crippen LogP contribution in [-0.4, -0.2) is 46.7 Å². The predicted molar refractivity (Wildman–Crippen MR) is 149 cm³/mol. The summed E-state index contributed by atoms with van der Waals surface area (Å²) in [6.45, 7) is 7.47. The molecule has 0 aliphatic carbocycles. The number of ether oxygens (including phenoxy) is 2. The normalized spacial score (nSPS) is 19.6. The Hall–Kier alpha value is -3.35. The molecule has 3 heterocycles. The summed E-state index contributed by atoms with van der Waals surface area (Å²) < 4.78 is 11.7. The van der Waals surface area contributed by atoms with Crippen molar-refractivity contribution in [2.24, 2.45) is 0 Å². The minimum atomic E-state index is 0.348. The highest BCUT2D eigenvalue weighted by Gasteiger charge is 2.26. The van der Waals surface area contributed by atoms with Crippen LogP contribution in [0.1, 0.15) is 31.0 Å². The minimum absolute atomic E-state index is 0.348. The molecule has 1 N–H and O–H groups in total. The quantitative estimate of drug-likeness (QED) is 0.328. The molecule has 7 heteroatoms. The Balaban J connectivity index is 1.17. The summed E-state index contributed by atoms with van der Waals surface area (Å²) >= 11 is 6.04. The van der Waals surface area contributed by atoms with E-state index in [9.17, 15) is 0 Å². The van der Waals surface area contributed by atoms with Gasteiger partial charge < -0.3 is 14.8 Å². The molecule has 6 rings (SSSR count). The Kier molecular flexibility index (Phi) is 6.61. The molecule has 37 heavy (non-hydrogen) atoms. The molecular formula is C30H31ClN4O2. The number of para-hydroxylation sites is 1. The first-order valence-electron chi connectivity index (χ1n) is 13.0. The Bertz CT molecular complexity index is 1430. The number of hydrogen-bond donors (Lipinski definition) is 1. The lowest BCUT2D eigenvalue weighted by atomic mass is 9.97. The van der Waals surface area contributed by atoms with Crippen molar-refractivity contribution in [1.82, 2.24) is 14.9 Å². The van der Waals surface area contributed by atoms with Gasteiger partial charge in [-0.25, -0.2) is 9.97 Å². The van der Waals surface area contributed by atoms with Crippen molar-refractivity contribution in [3.63, 3.8) is 0 Å². The number of likely N-dealkylation sites (tertiary alicyclic amines) is 1. The van der Waals surface area contributed by atoms with Crippen LogP contribution in [-0.2, 0) is 6.54 Å². The summed E-state index contributed by atoms with van der Waals surface area (Å²) in [6.07, 6.45) is 2.10. The molecule has 1 saturated heterocycles. The molecule has 2 aliphatic heterocycles. The van der Waals surface area contributed by atoms with Crippen LogP contribution >= 0.6 is 11.6 Å². The first kappa shape index (κ1) is 24.0. The first-order valence-corrected chi connectivity index (χ1v) is 13.3. The summed E-state index contributed by atoms with van der Waals surface area (Å²) in [5.74, 6) is 2.31. The van der Waals surface area contributed by atoms with Crippen molar-refractivity contribution in [1.29, 1.82) is 0 Å². The van der Waals surface area contributed by atoms with Gasteiger partial charge in [-0.2, -0.15) is 0 Å². The molecule has 2 aliphatic rings. The zero-order chi connectivity index (χ0) is 25.4. The van der Waals surface area contributed by atoms with Gasteiger partial charge >= 0.3 is 0 Å². The van der Waals surface area contributed by atoms with E-state index in [1.54, 1.807) is 0 Å². The third-order valence-corrected chi connectivity index (χ3v) is 7.66. The zero-order valence-corrected chi connectivity index (χ0v) is 22.0. The van der Waals surface area contributed by atoms with E-state index in [-0.39, 0.29) is 0 Å². The second kappa shape index (κ2) is 10.2. The summed E-state index contributed by atoms with van der Waals surface area (Å²) in [6, 6.07) is 21.3. The number of fused-ring (bicyclic) bond motifs is 2. The van der Waals surface area contributed by atoms with E-state index in [1.807, 2.05) is 24.3 Å². The molecule has 6 nitrogen and oxygen atoms in total. The Morgan fingerprint density at radius 3 is 2.70 bits per heavy atom. The number of benzene rings is 3. The van der Waals surface area contributed by atoms with Gasteiger partial charge in [0.25, 0.3) is 0 Å². The second-order valence-electron chi connectivity index (χ2n) is 10.0. The van der Waals surface area contributed by atoms with Crippen LogP contribution in [0.15, 0.2) is 60.7 Å². The molecule has 1 fully saturated rings. The van der Waals surface area contributed by atoms with E-state index in [2.05, 4.69) is 60.5 Å². The van der Waals surface area contributed by atoms with Crippen LogP contribution in [0.4, 0.5) is 5.95 Å². The smallest absolute Gasteiger partial charge is 0.223 e. The molecule has 4 aromatic rings.